The molecular formula is C65H65N. The average molecular weight is 860 g/mol. The third kappa shape index (κ3) is 6.56. The highest BCUT2D eigenvalue weighted by molar-refractivity contribution is 5.97. The first-order valence-corrected chi connectivity index (χ1v) is 24.0. The molecule has 0 bridgehead atoms. The maximum absolute atomic E-state index is 4.75. The average Bonchev–Trinajstić information content (AvgIpc) is 3.82. The summed E-state index contributed by atoms with van der Waals surface area (Å²) < 4.78 is 0. The van der Waals surface area contributed by atoms with Crippen LogP contribution in [-0.4, -0.2) is 0 Å². The van der Waals surface area contributed by atoms with Crippen LogP contribution >= 0.6 is 0 Å². The van der Waals surface area contributed by atoms with Gasteiger partial charge in [0.1, 0.15) is 0 Å². The van der Waals surface area contributed by atoms with Crippen LogP contribution in [0, 0.1) is 0 Å². The van der Waals surface area contributed by atoms with Crippen molar-refractivity contribution in [3.63, 3.8) is 0 Å². The summed E-state index contributed by atoms with van der Waals surface area (Å²) in [7, 11) is 0. The second-order valence-corrected chi connectivity index (χ2v) is 22.7. The zero-order valence-corrected chi connectivity index (χ0v) is 41.2. The topological polar surface area (TPSA) is 3.24 Å². The number of hydrogen-bond donors (Lipinski definition) is 0. The highest BCUT2D eigenvalue weighted by atomic mass is 15.1. The van der Waals surface area contributed by atoms with Crippen molar-refractivity contribution >= 4 is 16.9 Å². The minimum atomic E-state index is -0.558. The minimum absolute atomic E-state index is 0.0368. The van der Waals surface area contributed by atoms with E-state index < -0.39 is 5.41 Å². The van der Waals surface area contributed by atoms with Gasteiger partial charge >= 0.3 is 0 Å². The number of hydrogen-bond acceptors (Lipinski definition) is 1. The second-order valence-electron chi connectivity index (χ2n) is 22.7. The number of anilines is 2. The van der Waals surface area contributed by atoms with Gasteiger partial charge < -0.3 is 4.90 Å². The standard InChI is InChI=1S/C65H65N/c1-14-46(39-55-41(2)48-24-18-20-26-54(48)64(55,12)13)66(60-27-21-19-25-49(60)42-22-16-15-17-23-42)47-31-35-53-52-34-30-45(63(9,10)11)38-58(52)65(59(53)40-47)56-36-43(61(3,4)5)28-32-50(56)51-33-29-44(37-57(51)65)62(6,7)8/h14-40H,2H2,1,3-13H3/b46-14+,55-39+. The number of allylic oxidation sites excluding steroid dienone is 4. The largest absolute Gasteiger partial charge is 0.310 e. The summed E-state index contributed by atoms with van der Waals surface area (Å²) in [6.07, 6.45) is 4.71. The van der Waals surface area contributed by atoms with Gasteiger partial charge in [0.15, 0.2) is 0 Å². The SMILES string of the molecule is C=C1/C(=C\C(=C/C)N(c2ccc3c(c2)C2(c4cc(C(C)(C)C)ccc4-3)c3cc(C(C)(C)C)ccc3-c3ccc(C(C)(C)C)cc32)c2ccccc2-c2ccccc2)C(C)(C)c2ccccc21. The lowest BCUT2D eigenvalue weighted by Crippen LogP contribution is -2.28. The third-order valence-corrected chi connectivity index (χ3v) is 15.1. The lowest BCUT2D eigenvalue weighted by molar-refractivity contribution is 0.584. The Morgan fingerprint density at radius 3 is 1.39 bits per heavy atom. The van der Waals surface area contributed by atoms with Crippen molar-refractivity contribution < 1.29 is 0 Å². The Kier molecular flexibility index (Phi) is 9.91. The predicted octanol–water partition coefficient (Wildman–Crippen LogP) is 17.6. The Labute approximate surface area is 395 Å². The van der Waals surface area contributed by atoms with E-state index in [9.17, 15) is 0 Å². The molecule has 1 nitrogen and oxygen atoms in total. The Morgan fingerprint density at radius 1 is 0.470 bits per heavy atom. The normalized spacial score (nSPS) is 16.3. The molecule has 330 valence electrons. The maximum Gasteiger partial charge on any atom is 0.0726 e. The van der Waals surface area contributed by atoms with Crippen molar-refractivity contribution in [3.05, 3.63) is 232 Å². The quantitative estimate of drug-likeness (QED) is 0.167. The van der Waals surface area contributed by atoms with Gasteiger partial charge in [-0.1, -0.05) is 222 Å². The van der Waals surface area contributed by atoms with Crippen molar-refractivity contribution in [2.75, 3.05) is 4.90 Å². The van der Waals surface area contributed by atoms with Gasteiger partial charge in [-0.3, -0.25) is 0 Å². The fourth-order valence-electron chi connectivity index (χ4n) is 11.4. The molecule has 0 atom stereocenters. The summed E-state index contributed by atoms with van der Waals surface area (Å²) in [4.78, 5) is 2.52. The molecule has 0 aromatic heterocycles. The zero-order chi connectivity index (χ0) is 46.7. The van der Waals surface area contributed by atoms with E-state index in [1.54, 1.807) is 0 Å². The van der Waals surface area contributed by atoms with Gasteiger partial charge in [0.25, 0.3) is 0 Å². The summed E-state index contributed by atoms with van der Waals surface area (Å²) in [5.74, 6) is 0. The molecule has 0 unspecified atom stereocenters. The molecule has 3 aliphatic carbocycles. The van der Waals surface area contributed by atoms with Crippen molar-refractivity contribution in [1.82, 2.24) is 0 Å². The molecule has 7 aromatic carbocycles. The monoisotopic (exact) mass is 860 g/mol. The van der Waals surface area contributed by atoms with Crippen molar-refractivity contribution in [1.29, 1.82) is 0 Å². The Balaban J connectivity index is 1.31. The fourth-order valence-corrected chi connectivity index (χ4v) is 11.4. The van der Waals surface area contributed by atoms with Gasteiger partial charge in [0.2, 0.25) is 0 Å². The number of nitrogens with zero attached hydrogens (tertiary/aromatic N) is 1. The highest BCUT2D eigenvalue weighted by Crippen LogP contribution is 2.65. The molecular weight excluding hydrogens is 795 g/mol. The van der Waals surface area contributed by atoms with Crippen LogP contribution in [0.1, 0.15) is 133 Å². The van der Waals surface area contributed by atoms with E-state index >= 15 is 0 Å². The maximum atomic E-state index is 4.75. The lowest BCUT2D eigenvalue weighted by Gasteiger charge is -2.35. The molecule has 0 saturated carbocycles. The number of fused-ring (bicyclic) bond motifs is 11. The smallest absolute Gasteiger partial charge is 0.0726 e. The molecule has 0 fully saturated rings. The molecule has 0 N–H and O–H groups in total. The van der Waals surface area contributed by atoms with Crippen molar-refractivity contribution in [2.45, 2.75) is 110 Å². The second kappa shape index (κ2) is 15.0. The number of rotatable bonds is 5. The Morgan fingerprint density at radius 2 is 0.909 bits per heavy atom. The summed E-state index contributed by atoms with van der Waals surface area (Å²) >= 11 is 0. The molecule has 0 heterocycles. The van der Waals surface area contributed by atoms with E-state index in [1.165, 1.54) is 89.0 Å². The predicted molar refractivity (Wildman–Crippen MR) is 283 cm³/mol. The van der Waals surface area contributed by atoms with E-state index in [4.69, 9.17) is 6.58 Å². The van der Waals surface area contributed by atoms with Crippen LogP contribution in [0.3, 0.4) is 0 Å². The molecule has 0 radical (unpaired) electrons. The van der Waals surface area contributed by atoms with E-state index in [0.29, 0.717) is 0 Å². The van der Waals surface area contributed by atoms with Crippen molar-refractivity contribution in [2.24, 2.45) is 0 Å². The fraction of sp³-hybridized carbons (Fsp3) is 0.262. The van der Waals surface area contributed by atoms with Crippen LogP contribution in [0.5, 0.6) is 0 Å². The number of benzene rings is 7. The van der Waals surface area contributed by atoms with Gasteiger partial charge in [-0.05, 0) is 136 Å². The summed E-state index contributed by atoms with van der Waals surface area (Å²) in [5.41, 5.74) is 24.5. The zero-order valence-electron chi connectivity index (χ0n) is 41.2. The Bertz CT molecular complexity index is 3080. The molecule has 0 saturated heterocycles. The highest BCUT2D eigenvalue weighted by Gasteiger charge is 2.53. The van der Waals surface area contributed by atoms with Gasteiger partial charge in [-0.15, -0.1) is 0 Å². The van der Waals surface area contributed by atoms with Crippen LogP contribution in [0.15, 0.2) is 182 Å². The van der Waals surface area contributed by atoms with E-state index in [0.717, 1.165) is 22.6 Å². The first kappa shape index (κ1) is 43.5. The van der Waals surface area contributed by atoms with Crippen LogP contribution < -0.4 is 4.90 Å². The number of para-hydroxylation sites is 1. The van der Waals surface area contributed by atoms with Gasteiger partial charge in [0, 0.05) is 22.4 Å². The van der Waals surface area contributed by atoms with E-state index in [2.05, 4.69) is 252 Å². The summed E-state index contributed by atoms with van der Waals surface area (Å²) in [5, 5.41) is 0. The lowest BCUT2D eigenvalue weighted by atomic mass is 9.68. The molecule has 0 amide bonds. The molecule has 66 heavy (non-hydrogen) atoms. The Hall–Kier alpha value is -6.44. The van der Waals surface area contributed by atoms with Crippen LogP contribution in [-0.2, 0) is 27.1 Å². The van der Waals surface area contributed by atoms with Crippen LogP contribution in [0.2, 0.25) is 0 Å². The first-order valence-electron chi connectivity index (χ1n) is 24.0. The summed E-state index contributed by atoms with van der Waals surface area (Å²) in [6, 6.07) is 58.1. The van der Waals surface area contributed by atoms with E-state index in [-0.39, 0.29) is 21.7 Å². The van der Waals surface area contributed by atoms with Gasteiger partial charge in [-0.2, -0.15) is 0 Å². The van der Waals surface area contributed by atoms with E-state index in [1.807, 2.05) is 0 Å². The molecule has 10 rings (SSSR count). The molecule has 3 aliphatic rings. The molecule has 1 spiro atoms. The van der Waals surface area contributed by atoms with Crippen LogP contribution in [0.25, 0.3) is 39.0 Å². The molecule has 0 aliphatic heterocycles. The first-order chi connectivity index (χ1) is 31.3. The molecule has 7 aromatic rings. The van der Waals surface area contributed by atoms with Crippen LogP contribution in [0.4, 0.5) is 11.4 Å². The van der Waals surface area contributed by atoms with Crippen molar-refractivity contribution in [3.8, 4) is 33.4 Å². The minimum Gasteiger partial charge on any atom is -0.310 e. The molecule has 1 heteroatoms. The van der Waals surface area contributed by atoms with Gasteiger partial charge in [-0.25, -0.2) is 0 Å². The third-order valence-electron chi connectivity index (χ3n) is 15.1. The van der Waals surface area contributed by atoms with Gasteiger partial charge in [0.05, 0.1) is 11.1 Å². The summed E-state index contributed by atoms with van der Waals surface area (Å²) in [6.45, 7) is 32.8.